The fourth-order valence-electron chi connectivity index (χ4n) is 26.8. The number of fused-ring (bicyclic) bond motifs is 12. The summed E-state index contributed by atoms with van der Waals surface area (Å²) in [5.74, 6) is 6.73. The molecule has 690 valence electrons. The lowest BCUT2D eigenvalue weighted by molar-refractivity contribution is -0.988. The Hall–Kier alpha value is -3.51. The number of piperazine rings is 3. The Kier molecular flexibility index (Phi) is 33.5. The Morgan fingerprint density at radius 1 is 0.438 bits per heavy atom. The first-order chi connectivity index (χ1) is 56.5. The van der Waals surface area contributed by atoms with Crippen molar-refractivity contribution < 1.29 is 36.1 Å². The van der Waals surface area contributed by atoms with E-state index in [1.54, 1.807) is 16.8 Å². The lowest BCUT2D eigenvalue weighted by atomic mass is 9.70. The lowest BCUT2D eigenvalue weighted by Gasteiger charge is -2.66. The van der Waals surface area contributed by atoms with Gasteiger partial charge in [-0.3, -0.25) is 19.6 Å². The summed E-state index contributed by atoms with van der Waals surface area (Å²) in [5.41, 5.74) is 7.44. The molecule has 12 aliphatic heterocycles. The molecule has 0 radical (unpaired) electrons. The van der Waals surface area contributed by atoms with Gasteiger partial charge < -0.3 is 22.4 Å². The summed E-state index contributed by atoms with van der Waals surface area (Å²) in [6.07, 6.45) is 35.8. The molecule has 4 aromatic rings. The number of pyridine rings is 2. The van der Waals surface area contributed by atoms with Crippen LogP contribution in [0.1, 0.15) is 363 Å². The summed E-state index contributed by atoms with van der Waals surface area (Å²) in [4.78, 5) is 11.0. The van der Waals surface area contributed by atoms with Gasteiger partial charge in [-0.05, 0) is 266 Å². The SMILES string of the molecule is CC(C)C1CC2C[N+](C)(C(C)C)CC2C1.CC(C)N1C2CC3CC1CC(C2)[N+]3(C)C(C)C.CC(C)N1C2CCC1C1CCC2[N+]1(C)C(C)C.CC(C)N1CC2CC1C[N+]2(C)C(C)C.CC(C)N1CCCc2n1cc[n+]2C(C)C.CC(C)N1CC[N+](C)(C(C)C)CC1.CC(C)c1cc[n+](C(C)C)c2c1CCC2.CC(C)c1ccc2c[n+](C(C)C)cn2c1. The van der Waals surface area contributed by atoms with Crippen LogP contribution in [0.25, 0.3) is 5.52 Å². The quantitative estimate of drug-likeness (QED) is 0.0825. The molecule has 10 bridgehead atoms. The van der Waals surface area contributed by atoms with Gasteiger partial charge in [0.1, 0.15) is 30.5 Å². The standard InChI is InChI=1S/2C15H29N2.C14H28N.C14H22N.C13H19N2.C12H22N3.C12H25N2.C11H25N2/c1-10(2)16-12-6-14-8-13(16)9-15(7-12)17(14,5)11(3)4;1-10(2)16-12-6-7-13(16)15-9-8-14(12)17(15,5)11(3)4;1-10(2)12-6-13-8-15(5,11(3)4)9-14(13)7-12;1-10(2)12-8-9-15(11(3)4)14-7-5-6-13(12)14;1-10(2)12-5-6-13-8-14(11(3)4)9-15(13)7-12;1-10(2)13-8-9-15-12(13)6-5-7-14(15)11(3)4;1-9(2)13-7-12-6-11(13)8-14(12,5)10(3)4;1-10(2)12-6-8-13(5,9-7-12)11(3)4/h2*10-15H,6-9H2,1-5H3;10-14H,6-9H2,1-5H3;8-11H,5-7H2,1-4H3;5-11H,1-4H3;8-11H,5-7H2,1-4H3;9-12H,6-8H2,1-5H3;10-11H,6-9H2,1-5H3/q8*+1. The zero-order valence-corrected chi connectivity index (χ0v) is 86.3. The minimum Gasteiger partial charge on any atom is -0.324 e. The minimum atomic E-state index is 0.521. The van der Waals surface area contributed by atoms with Crippen molar-refractivity contribution in [3.05, 3.63) is 83.7 Å². The normalized spacial score (nSPS) is 32.5. The van der Waals surface area contributed by atoms with Gasteiger partial charge >= 0.3 is 0 Å². The van der Waals surface area contributed by atoms with Crippen molar-refractivity contribution in [3.8, 4) is 0 Å². The maximum atomic E-state index is 2.88. The summed E-state index contributed by atoms with van der Waals surface area (Å²) < 4.78 is 18.3. The third-order valence-electron chi connectivity index (χ3n) is 35.9. The van der Waals surface area contributed by atoms with Gasteiger partial charge in [0, 0.05) is 124 Å². The van der Waals surface area contributed by atoms with Gasteiger partial charge in [-0.25, -0.2) is 23.1 Å². The number of piperidine rings is 4. The predicted molar refractivity (Wildman–Crippen MR) is 514 cm³/mol. The molecule has 12 fully saturated rings. The van der Waals surface area contributed by atoms with Gasteiger partial charge in [0.05, 0.1) is 172 Å². The second-order valence-electron chi connectivity index (χ2n) is 47.6. The van der Waals surface area contributed by atoms with Crippen LogP contribution >= 0.6 is 0 Å². The number of imidazole rings is 2. The van der Waals surface area contributed by atoms with Crippen LogP contribution in [-0.2, 0) is 19.3 Å². The molecular weight excluding hydrogens is 1480 g/mol. The summed E-state index contributed by atoms with van der Waals surface area (Å²) in [7, 11) is 12.4. The molecule has 18 rings (SSSR count). The van der Waals surface area contributed by atoms with Crippen molar-refractivity contribution in [3.63, 3.8) is 0 Å². The van der Waals surface area contributed by atoms with Gasteiger partial charge in [-0.2, -0.15) is 0 Å². The smallest absolute Gasteiger partial charge is 0.280 e. The van der Waals surface area contributed by atoms with E-state index in [0.29, 0.717) is 36.0 Å². The second-order valence-corrected chi connectivity index (χ2v) is 47.6. The maximum Gasteiger partial charge on any atom is 0.280 e. The number of hydrogen-bond donors (Lipinski definition) is 0. The Morgan fingerprint density at radius 2 is 0.975 bits per heavy atom. The predicted octanol–water partition coefficient (Wildman–Crippen LogP) is 19.4. The number of likely N-dealkylation sites (N-methyl/N-ethyl adjacent to an activating group) is 3. The lowest BCUT2D eigenvalue weighted by Crippen LogP contribution is -2.77. The molecule has 0 N–H and O–H groups in total. The number of likely N-dealkylation sites (tertiary alicyclic amines) is 3. The summed E-state index contributed by atoms with van der Waals surface area (Å²) >= 11 is 0. The number of quaternary nitrogens is 5. The van der Waals surface area contributed by atoms with Gasteiger partial charge in [-0.1, -0.05) is 47.6 Å². The number of hydrogen-bond acceptors (Lipinski definition) is 5. The van der Waals surface area contributed by atoms with Crippen LogP contribution in [0.15, 0.2) is 55.5 Å². The van der Waals surface area contributed by atoms with E-state index < -0.39 is 0 Å². The van der Waals surface area contributed by atoms with Crippen molar-refractivity contribution in [2.75, 3.05) is 99.2 Å². The molecule has 9 atom stereocenters. The third kappa shape index (κ3) is 21.2. The fourth-order valence-corrected chi connectivity index (χ4v) is 26.8. The van der Waals surface area contributed by atoms with E-state index in [1.807, 2.05) is 0 Å². The molecule has 0 aromatic carbocycles. The Bertz CT molecular complexity index is 3750. The summed E-state index contributed by atoms with van der Waals surface area (Å²) in [6, 6.07) is 25.0. The van der Waals surface area contributed by atoms with Crippen molar-refractivity contribution in [1.29, 1.82) is 0 Å². The maximum absolute atomic E-state index is 2.88. The van der Waals surface area contributed by atoms with E-state index in [2.05, 4.69) is 360 Å². The average Bonchev–Trinajstić information content (AvgIpc) is 1.69. The zero-order valence-electron chi connectivity index (χ0n) is 86.3. The van der Waals surface area contributed by atoms with Crippen molar-refractivity contribution in [1.82, 2.24) is 28.7 Å². The molecule has 9 unspecified atom stereocenters. The molecule has 121 heavy (non-hydrogen) atoms. The number of aromatic nitrogens is 5. The Balaban J connectivity index is 0.000000145. The molecule has 15 nitrogen and oxygen atoms in total. The van der Waals surface area contributed by atoms with Crippen LogP contribution in [0, 0.1) is 23.7 Å². The highest BCUT2D eigenvalue weighted by atomic mass is 15.6. The zero-order chi connectivity index (χ0) is 89.5. The van der Waals surface area contributed by atoms with Crippen molar-refractivity contribution in [2.45, 2.75) is 475 Å². The van der Waals surface area contributed by atoms with Crippen LogP contribution in [0.4, 0.5) is 0 Å². The molecule has 11 saturated heterocycles. The first-order valence-electron chi connectivity index (χ1n) is 51.3. The molecule has 15 heteroatoms. The molecule has 0 spiro atoms. The van der Waals surface area contributed by atoms with Crippen molar-refractivity contribution >= 4 is 5.52 Å². The van der Waals surface area contributed by atoms with Crippen LogP contribution in [0.2, 0.25) is 0 Å². The Labute approximate surface area is 747 Å². The van der Waals surface area contributed by atoms with E-state index in [-0.39, 0.29) is 0 Å². The summed E-state index contributed by atoms with van der Waals surface area (Å²) in [5, 5.41) is 2.44. The monoisotopic (exact) mass is 1680 g/mol. The first-order valence-corrected chi connectivity index (χ1v) is 51.3. The van der Waals surface area contributed by atoms with Gasteiger partial charge in [0.15, 0.2) is 29.6 Å². The molecule has 14 aliphatic rings. The van der Waals surface area contributed by atoms with Gasteiger partial charge in [0.2, 0.25) is 6.33 Å². The van der Waals surface area contributed by atoms with E-state index >= 15 is 0 Å². The van der Waals surface area contributed by atoms with Crippen LogP contribution in [-0.4, -0.2) is 266 Å². The molecule has 2 aliphatic carbocycles. The van der Waals surface area contributed by atoms with Crippen LogP contribution in [0.3, 0.4) is 0 Å². The fraction of sp³-hybridized carbons (Fsp3) is 0.858. The Morgan fingerprint density at radius 3 is 1.40 bits per heavy atom. The third-order valence-corrected chi connectivity index (χ3v) is 35.9. The van der Waals surface area contributed by atoms with E-state index in [0.717, 1.165) is 138 Å². The molecular formula is C106H199N15+8. The largest absolute Gasteiger partial charge is 0.324 e. The van der Waals surface area contributed by atoms with Crippen LogP contribution < -0.4 is 18.7 Å². The average molecular weight is 1680 g/mol. The van der Waals surface area contributed by atoms with Crippen LogP contribution in [0.5, 0.6) is 0 Å². The second kappa shape index (κ2) is 40.7. The van der Waals surface area contributed by atoms with E-state index in [9.17, 15) is 0 Å². The van der Waals surface area contributed by atoms with E-state index in [4.69, 9.17) is 0 Å². The summed E-state index contributed by atoms with van der Waals surface area (Å²) in [6.45, 7) is 86.5. The number of rotatable bonds is 16. The molecule has 0 amide bonds. The highest BCUT2D eigenvalue weighted by Crippen LogP contribution is 2.53. The topological polar surface area (TPSA) is 37.2 Å². The van der Waals surface area contributed by atoms with Gasteiger partial charge in [-0.15, -0.1) is 4.68 Å². The first kappa shape index (κ1) is 99.6. The highest BCUT2D eigenvalue weighted by Gasteiger charge is 2.65. The minimum absolute atomic E-state index is 0.521. The molecule has 16 heterocycles. The molecule has 4 aromatic heterocycles. The molecule has 1 saturated carbocycles. The van der Waals surface area contributed by atoms with Crippen molar-refractivity contribution in [2.24, 2.45) is 23.7 Å². The van der Waals surface area contributed by atoms with Gasteiger partial charge in [0.25, 0.3) is 5.82 Å². The number of nitrogens with zero attached hydrogens (tertiary/aromatic N) is 15. The van der Waals surface area contributed by atoms with E-state index in [1.165, 1.54) is 201 Å². The highest BCUT2D eigenvalue weighted by molar-refractivity contribution is 5.44.